The lowest BCUT2D eigenvalue weighted by molar-refractivity contribution is -0.384. The van der Waals surface area contributed by atoms with Gasteiger partial charge < -0.3 is 5.32 Å². The van der Waals surface area contributed by atoms with Crippen LogP contribution in [-0.2, 0) is 11.3 Å². The number of hydrogen-bond acceptors (Lipinski definition) is 5. The largest absolute Gasteiger partial charge is 0.311 e. The smallest absolute Gasteiger partial charge is 0.269 e. The first-order valence-corrected chi connectivity index (χ1v) is 11.2. The number of non-ortho nitro benzene ring substituents is 1. The Morgan fingerprint density at radius 2 is 1.75 bits per heavy atom. The molecule has 1 atom stereocenters. The van der Waals surface area contributed by atoms with Crippen molar-refractivity contribution in [1.29, 1.82) is 0 Å². The molecule has 178 valence electrons. The highest BCUT2D eigenvalue weighted by Crippen LogP contribution is 2.37. The van der Waals surface area contributed by atoms with E-state index in [9.17, 15) is 24.1 Å². The summed E-state index contributed by atoms with van der Waals surface area (Å²) in [6.07, 6.45) is -0.0160. The molecule has 0 fully saturated rings. The van der Waals surface area contributed by atoms with Gasteiger partial charge in [0.25, 0.3) is 11.2 Å². The molecular formula is C26H18FN5O4. The van der Waals surface area contributed by atoms with Crippen LogP contribution < -0.4 is 10.9 Å². The van der Waals surface area contributed by atoms with Crippen LogP contribution in [0.2, 0.25) is 0 Å². The van der Waals surface area contributed by atoms with Crippen molar-refractivity contribution in [3.05, 3.63) is 116 Å². The molecule has 0 spiro atoms. The molecule has 1 N–H and O–H groups in total. The van der Waals surface area contributed by atoms with Crippen molar-refractivity contribution in [3.63, 3.8) is 0 Å². The summed E-state index contributed by atoms with van der Waals surface area (Å²) < 4.78 is 17.7. The van der Waals surface area contributed by atoms with Crippen molar-refractivity contribution in [2.24, 2.45) is 0 Å². The fraction of sp³-hybridized carbons (Fsp3) is 0.115. The van der Waals surface area contributed by atoms with Crippen LogP contribution in [0.5, 0.6) is 0 Å². The number of carbonyl (C=O) groups excluding carboxylic acids is 1. The minimum absolute atomic E-state index is 0.0160. The van der Waals surface area contributed by atoms with Crippen LogP contribution in [0, 0.1) is 15.9 Å². The molecule has 1 aliphatic heterocycles. The molecule has 36 heavy (non-hydrogen) atoms. The molecule has 0 aliphatic carbocycles. The van der Waals surface area contributed by atoms with Gasteiger partial charge in [-0.1, -0.05) is 42.5 Å². The fourth-order valence-electron chi connectivity index (χ4n) is 4.83. The molecule has 10 heteroatoms. The molecule has 3 heterocycles. The van der Waals surface area contributed by atoms with E-state index in [1.807, 2.05) is 18.2 Å². The second-order valence-electron chi connectivity index (χ2n) is 8.63. The molecular weight excluding hydrogens is 465 g/mol. The molecule has 9 nitrogen and oxygen atoms in total. The van der Waals surface area contributed by atoms with Crippen LogP contribution in [0.25, 0.3) is 16.8 Å². The third kappa shape index (κ3) is 3.34. The van der Waals surface area contributed by atoms with Crippen LogP contribution in [0.3, 0.4) is 0 Å². The fourth-order valence-corrected chi connectivity index (χ4v) is 4.83. The van der Waals surface area contributed by atoms with E-state index in [0.29, 0.717) is 33.5 Å². The molecule has 1 unspecified atom stereocenters. The first kappa shape index (κ1) is 21.7. The summed E-state index contributed by atoms with van der Waals surface area (Å²) in [5.74, 6) is -0.826. The molecule has 5 aromatic rings. The summed E-state index contributed by atoms with van der Waals surface area (Å²) in [5.41, 5.74) is 2.01. The Labute approximate surface area is 202 Å². The summed E-state index contributed by atoms with van der Waals surface area (Å²) >= 11 is 0. The van der Waals surface area contributed by atoms with Crippen molar-refractivity contribution in [2.45, 2.75) is 18.9 Å². The third-order valence-electron chi connectivity index (χ3n) is 6.53. The van der Waals surface area contributed by atoms with Gasteiger partial charge in [0.2, 0.25) is 11.7 Å². The molecule has 0 radical (unpaired) electrons. The maximum Gasteiger partial charge on any atom is 0.269 e. The van der Waals surface area contributed by atoms with Gasteiger partial charge in [-0.2, -0.15) is 0 Å². The lowest BCUT2D eigenvalue weighted by atomic mass is 9.86. The normalized spacial score (nSPS) is 15.1. The maximum absolute atomic E-state index is 14.6. The molecule has 1 amide bonds. The Bertz CT molecular complexity index is 1760. The molecule has 3 aromatic carbocycles. The Kier molecular flexibility index (Phi) is 4.89. The van der Waals surface area contributed by atoms with Gasteiger partial charge in [0.05, 0.1) is 28.1 Å². The lowest BCUT2D eigenvalue weighted by Gasteiger charge is -2.27. The molecule has 0 saturated carbocycles. The van der Waals surface area contributed by atoms with Gasteiger partial charge in [-0.15, -0.1) is 0 Å². The van der Waals surface area contributed by atoms with Gasteiger partial charge in [0.15, 0.2) is 0 Å². The van der Waals surface area contributed by atoms with E-state index in [1.54, 1.807) is 40.8 Å². The predicted molar refractivity (Wildman–Crippen MR) is 131 cm³/mol. The summed E-state index contributed by atoms with van der Waals surface area (Å²) in [4.78, 5) is 42.1. The average Bonchev–Trinajstić information content (AvgIpc) is 3.27. The van der Waals surface area contributed by atoms with E-state index in [2.05, 4.69) is 10.3 Å². The number of nitro benzene ring substituents is 1. The molecule has 2 aromatic heterocycles. The zero-order valence-corrected chi connectivity index (χ0v) is 18.7. The first-order chi connectivity index (χ1) is 17.4. The summed E-state index contributed by atoms with van der Waals surface area (Å²) in [6, 6.07) is 19.3. The maximum atomic E-state index is 14.6. The van der Waals surface area contributed by atoms with E-state index in [-0.39, 0.29) is 30.3 Å². The number of hydrogen-bond donors (Lipinski definition) is 1. The monoisotopic (exact) mass is 483 g/mol. The summed E-state index contributed by atoms with van der Waals surface area (Å²) in [5, 5.41) is 14.0. The number of fused-ring (bicyclic) bond motifs is 5. The predicted octanol–water partition coefficient (Wildman–Crippen LogP) is 4.22. The van der Waals surface area contributed by atoms with Gasteiger partial charge in [-0.05, 0) is 23.8 Å². The lowest BCUT2D eigenvalue weighted by Crippen LogP contribution is -2.36. The Hall–Kier alpha value is -4.86. The number of nitrogens with one attached hydrogen (secondary N) is 1. The van der Waals surface area contributed by atoms with Crippen molar-refractivity contribution >= 4 is 34.2 Å². The van der Waals surface area contributed by atoms with E-state index >= 15 is 0 Å². The minimum atomic E-state index is -0.653. The van der Waals surface area contributed by atoms with Crippen LogP contribution in [-0.4, -0.2) is 24.8 Å². The zero-order valence-electron chi connectivity index (χ0n) is 18.7. The number of halogens is 1. The average molecular weight is 483 g/mol. The number of carbonyl (C=O) groups is 1. The van der Waals surface area contributed by atoms with E-state index < -0.39 is 22.2 Å². The molecule has 6 rings (SSSR count). The topological polar surface area (TPSA) is 112 Å². The van der Waals surface area contributed by atoms with Crippen molar-refractivity contribution in [3.8, 4) is 0 Å². The van der Waals surface area contributed by atoms with Gasteiger partial charge in [0, 0.05) is 30.0 Å². The van der Waals surface area contributed by atoms with E-state index in [1.165, 1.54) is 22.8 Å². The van der Waals surface area contributed by atoms with Crippen LogP contribution in [0.15, 0.2) is 77.6 Å². The summed E-state index contributed by atoms with van der Waals surface area (Å²) in [6.45, 7) is -0.0630. The van der Waals surface area contributed by atoms with Crippen molar-refractivity contribution in [2.75, 3.05) is 5.32 Å². The number of nitro groups is 1. The number of nitrogens with zero attached hydrogens (tertiary/aromatic N) is 4. The molecule has 0 bridgehead atoms. The Morgan fingerprint density at radius 3 is 2.50 bits per heavy atom. The highest BCUT2D eigenvalue weighted by molar-refractivity contribution is 5.96. The summed E-state index contributed by atoms with van der Waals surface area (Å²) in [7, 11) is 0. The molecule has 1 aliphatic rings. The van der Waals surface area contributed by atoms with Crippen LogP contribution in [0.4, 0.5) is 15.9 Å². The Morgan fingerprint density at radius 1 is 1.03 bits per heavy atom. The number of benzene rings is 3. The molecule has 0 saturated heterocycles. The van der Waals surface area contributed by atoms with Gasteiger partial charge >= 0.3 is 0 Å². The van der Waals surface area contributed by atoms with Crippen molar-refractivity contribution < 1.29 is 14.1 Å². The Balaban J connectivity index is 1.66. The number of anilines is 1. The van der Waals surface area contributed by atoms with Gasteiger partial charge in [-0.3, -0.25) is 28.7 Å². The van der Waals surface area contributed by atoms with E-state index in [4.69, 9.17) is 0 Å². The first-order valence-electron chi connectivity index (χ1n) is 11.2. The quantitative estimate of drug-likeness (QED) is 0.304. The second kappa shape index (κ2) is 8.12. The highest BCUT2D eigenvalue weighted by Gasteiger charge is 2.34. The van der Waals surface area contributed by atoms with E-state index in [0.717, 1.165) is 0 Å². The van der Waals surface area contributed by atoms with Gasteiger partial charge in [0.1, 0.15) is 11.6 Å². The third-order valence-corrected chi connectivity index (χ3v) is 6.53. The second-order valence-corrected chi connectivity index (χ2v) is 8.63. The van der Waals surface area contributed by atoms with Gasteiger partial charge in [-0.25, -0.2) is 9.37 Å². The number of rotatable bonds is 4. The minimum Gasteiger partial charge on any atom is -0.311 e. The highest BCUT2D eigenvalue weighted by atomic mass is 19.1. The number of imidazole rings is 1. The SMILES string of the molecule is O=C1CC(c2ccc([N+](=O)[O-])cc2)c2c(n3c4ccccc4nc3n(Cc3ccccc3F)c2=O)N1. The zero-order chi connectivity index (χ0) is 25.0. The number of amides is 1. The standard InChI is InChI=1S/C26H18FN5O4/c27-19-6-2-1-5-16(19)14-30-25(34)23-18(15-9-11-17(12-10-15)32(35)36)13-22(33)29-24(23)31-21-8-4-3-7-20(21)28-26(30)31/h1-12,18H,13-14H2,(H,29,33). The van der Waals surface area contributed by atoms with Crippen molar-refractivity contribution in [1.82, 2.24) is 14.0 Å². The van der Waals surface area contributed by atoms with Crippen LogP contribution in [0.1, 0.15) is 29.0 Å². The number of para-hydroxylation sites is 2. The van der Waals surface area contributed by atoms with Crippen LogP contribution >= 0.6 is 0 Å². The number of aromatic nitrogens is 3.